The van der Waals surface area contributed by atoms with Crippen molar-refractivity contribution in [1.29, 1.82) is 0 Å². The summed E-state index contributed by atoms with van der Waals surface area (Å²) in [6, 6.07) is 3.01. The van der Waals surface area contributed by atoms with Crippen molar-refractivity contribution in [3.63, 3.8) is 0 Å². The van der Waals surface area contributed by atoms with E-state index in [9.17, 15) is 25.2 Å². The lowest BCUT2D eigenvalue weighted by Gasteiger charge is -2.21. The first kappa shape index (κ1) is 18.3. The lowest BCUT2D eigenvalue weighted by atomic mass is 10.0. The smallest absolute Gasteiger partial charge is 0.183 e. The normalized spacial score (nSPS) is 15.3. The van der Waals surface area contributed by atoms with Crippen LogP contribution in [0.1, 0.15) is 5.56 Å². The summed E-state index contributed by atoms with van der Waals surface area (Å²) in [5, 5.41) is 58.1. The van der Waals surface area contributed by atoms with Crippen LogP contribution in [0.3, 0.4) is 0 Å². The van der Waals surface area contributed by atoms with E-state index in [1.54, 1.807) is 0 Å². The quantitative estimate of drug-likeness (QED) is 0.273. The number of hydrogen-bond acceptors (Lipinski definition) is 8. The molecule has 1 rings (SSSR count). The SMILES string of the molecule is O=C([C@H](CO)NCCc1ccc(O)cc1O)[C@@H](O)[C@H](O)CO. The third kappa shape index (κ3) is 4.93. The first-order valence-electron chi connectivity index (χ1n) is 6.76. The number of hydrogen-bond donors (Lipinski definition) is 7. The molecule has 7 N–H and O–H groups in total. The van der Waals surface area contributed by atoms with Gasteiger partial charge in [0, 0.05) is 12.6 Å². The highest BCUT2D eigenvalue weighted by molar-refractivity contribution is 5.88. The number of carbonyl (C=O) groups is 1. The molecule has 0 radical (unpaired) electrons. The van der Waals surface area contributed by atoms with Crippen molar-refractivity contribution < 1.29 is 35.4 Å². The molecule has 0 spiro atoms. The van der Waals surface area contributed by atoms with E-state index < -0.39 is 37.2 Å². The van der Waals surface area contributed by atoms with E-state index in [0.717, 1.165) is 0 Å². The van der Waals surface area contributed by atoms with Gasteiger partial charge in [0.25, 0.3) is 0 Å². The van der Waals surface area contributed by atoms with Gasteiger partial charge in [-0.3, -0.25) is 4.79 Å². The molecule has 0 aliphatic carbocycles. The van der Waals surface area contributed by atoms with Gasteiger partial charge in [-0.25, -0.2) is 0 Å². The van der Waals surface area contributed by atoms with Crippen LogP contribution in [-0.4, -0.2) is 74.4 Å². The average molecular weight is 315 g/mol. The molecular weight excluding hydrogens is 294 g/mol. The minimum atomic E-state index is -1.79. The summed E-state index contributed by atoms with van der Waals surface area (Å²) in [6.45, 7) is -1.15. The summed E-state index contributed by atoms with van der Waals surface area (Å²) in [6.07, 6.45) is -3.09. The maximum absolute atomic E-state index is 11.8. The number of phenols is 2. The molecule has 8 heteroatoms. The molecule has 1 aromatic rings. The predicted molar refractivity (Wildman–Crippen MR) is 76.5 cm³/mol. The first-order valence-corrected chi connectivity index (χ1v) is 6.76. The van der Waals surface area contributed by atoms with Crippen LogP contribution >= 0.6 is 0 Å². The molecule has 0 aromatic heterocycles. The standard InChI is InChI=1S/C14H21NO7/c16-6-10(13(21)14(22)12(20)7-17)15-4-3-8-1-2-9(18)5-11(8)19/h1-2,5,10,12,14-20,22H,3-4,6-7H2/t10-,12+,14-/m0/s1. The number of aliphatic hydroxyl groups is 4. The highest BCUT2D eigenvalue weighted by Crippen LogP contribution is 2.22. The van der Waals surface area contributed by atoms with E-state index in [0.29, 0.717) is 12.0 Å². The Balaban J connectivity index is 2.55. The summed E-state index contributed by atoms with van der Waals surface area (Å²) in [7, 11) is 0. The number of aliphatic hydroxyl groups excluding tert-OH is 4. The molecule has 3 atom stereocenters. The van der Waals surface area contributed by atoms with Gasteiger partial charge in [-0.2, -0.15) is 0 Å². The van der Waals surface area contributed by atoms with Crippen LogP contribution in [0.25, 0.3) is 0 Å². The van der Waals surface area contributed by atoms with Gasteiger partial charge < -0.3 is 36.0 Å². The highest BCUT2D eigenvalue weighted by Gasteiger charge is 2.29. The van der Waals surface area contributed by atoms with Gasteiger partial charge in [-0.1, -0.05) is 6.07 Å². The number of phenolic OH excluding ortho intramolecular Hbond substituents is 2. The Morgan fingerprint density at radius 2 is 1.82 bits per heavy atom. The molecule has 22 heavy (non-hydrogen) atoms. The van der Waals surface area contributed by atoms with E-state index in [4.69, 9.17) is 10.2 Å². The lowest BCUT2D eigenvalue weighted by Crippen LogP contribution is -2.50. The Hall–Kier alpha value is -1.71. The van der Waals surface area contributed by atoms with E-state index in [1.807, 2.05) is 0 Å². The van der Waals surface area contributed by atoms with E-state index in [1.165, 1.54) is 18.2 Å². The van der Waals surface area contributed by atoms with Gasteiger partial charge >= 0.3 is 0 Å². The van der Waals surface area contributed by atoms with Crippen LogP contribution in [0.4, 0.5) is 0 Å². The Bertz CT molecular complexity index is 494. The molecule has 8 nitrogen and oxygen atoms in total. The number of nitrogens with one attached hydrogen (secondary N) is 1. The van der Waals surface area contributed by atoms with Gasteiger partial charge in [0.15, 0.2) is 5.78 Å². The largest absolute Gasteiger partial charge is 0.508 e. The van der Waals surface area contributed by atoms with Gasteiger partial charge in [0.05, 0.1) is 19.3 Å². The summed E-state index contributed by atoms with van der Waals surface area (Å²) in [5.74, 6) is -0.998. The second-order valence-electron chi connectivity index (χ2n) is 4.85. The van der Waals surface area contributed by atoms with E-state index in [-0.39, 0.29) is 18.0 Å². The van der Waals surface area contributed by atoms with Gasteiger partial charge in [0.2, 0.25) is 0 Å². The molecule has 1 aromatic carbocycles. The minimum absolute atomic E-state index is 0.0706. The Morgan fingerprint density at radius 1 is 1.14 bits per heavy atom. The number of benzene rings is 1. The molecule has 0 saturated heterocycles. The third-order valence-electron chi connectivity index (χ3n) is 3.22. The van der Waals surface area contributed by atoms with Crippen molar-refractivity contribution in [3.05, 3.63) is 23.8 Å². The summed E-state index contributed by atoms with van der Waals surface area (Å²) in [5.41, 5.74) is 0.533. The molecule has 0 heterocycles. The molecule has 0 unspecified atom stereocenters. The number of Topliss-reactive ketones (excluding diaryl/α,β-unsaturated/α-hetero) is 1. The number of rotatable bonds is 9. The lowest BCUT2D eigenvalue weighted by molar-refractivity contribution is -0.137. The van der Waals surface area contributed by atoms with E-state index >= 15 is 0 Å². The maximum atomic E-state index is 11.8. The number of carbonyl (C=O) groups excluding carboxylic acids is 1. The fourth-order valence-corrected chi connectivity index (χ4v) is 1.90. The van der Waals surface area contributed by atoms with Crippen molar-refractivity contribution in [2.24, 2.45) is 0 Å². The van der Waals surface area contributed by atoms with Gasteiger partial charge in [-0.15, -0.1) is 0 Å². The Labute approximate surface area is 127 Å². The zero-order valence-corrected chi connectivity index (χ0v) is 11.9. The van der Waals surface area contributed by atoms with Gasteiger partial charge in [0.1, 0.15) is 23.7 Å². The van der Waals surface area contributed by atoms with Crippen molar-refractivity contribution >= 4 is 5.78 Å². The van der Waals surface area contributed by atoms with Crippen LogP contribution in [0.5, 0.6) is 11.5 Å². The molecule has 0 aliphatic rings. The predicted octanol–water partition coefficient (Wildman–Crippen LogP) is -2.13. The molecule has 0 saturated carbocycles. The summed E-state index contributed by atoms with van der Waals surface area (Å²) in [4.78, 5) is 11.8. The fraction of sp³-hybridized carbons (Fsp3) is 0.500. The highest BCUT2D eigenvalue weighted by atomic mass is 16.4. The molecule has 0 bridgehead atoms. The number of aromatic hydroxyl groups is 2. The fourth-order valence-electron chi connectivity index (χ4n) is 1.90. The zero-order valence-electron chi connectivity index (χ0n) is 11.9. The van der Waals surface area contributed by atoms with Crippen molar-refractivity contribution in [3.8, 4) is 11.5 Å². The second kappa shape index (κ2) is 8.66. The molecule has 0 aliphatic heterocycles. The van der Waals surface area contributed by atoms with Crippen molar-refractivity contribution in [1.82, 2.24) is 5.32 Å². The van der Waals surface area contributed by atoms with Gasteiger partial charge in [-0.05, 0) is 18.1 Å². The number of ketones is 1. The average Bonchev–Trinajstić information content (AvgIpc) is 2.51. The second-order valence-corrected chi connectivity index (χ2v) is 4.85. The van der Waals surface area contributed by atoms with Crippen LogP contribution in [0, 0.1) is 0 Å². The van der Waals surface area contributed by atoms with E-state index in [2.05, 4.69) is 5.32 Å². The Morgan fingerprint density at radius 3 is 2.36 bits per heavy atom. The molecule has 0 amide bonds. The molecular formula is C14H21NO7. The zero-order chi connectivity index (χ0) is 16.7. The monoisotopic (exact) mass is 315 g/mol. The summed E-state index contributed by atoms with van der Waals surface area (Å²) >= 11 is 0. The third-order valence-corrected chi connectivity index (χ3v) is 3.22. The van der Waals surface area contributed by atoms with Crippen LogP contribution in [-0.2, 0) is 11.2 Å². The topological polar surface area (TPSA) is 150 Å². The van der Waals surface area contributed by atoms with Crippen LogP contribution < -0.4 is 5.32 Å². The van der Waals surface area contributed by atoms with Crippen molar-refractivity contribution in [2.45, 2.75) is 24.7 Å². The maximum Gasteiger partial charge on any atom is 0.183 e. The molecule has 124 valence electrons. The first-order chi connectivity index (χ1) is 10.4. The van der Waals surface area contributed by atoms with Crippen LogP contribution in [0.2, 0.25) is 0 Å². The molecule has 0 fully saturated rings. The summed E-state index contributed by atoms with van der Waals surface area (Å²) < 4.78 is 0. The minimum Gasteiger partial charge on any atom is -0.508 e. The Kier molecular flexibility index (Phi) is 7.22. The van der Waals surface area contributed by atoms with Crippen LogP contribution in [0.15, 0.2) is 18.2 Å². The van der Waals surface area contributed by atoms with Crippen molar-refractivity contribution in [2.75, 3.05) is 19.8 Å².